The monoisotopic (exact) mass is 224 g/mol. The van der Waals surface area contributed by atoms with Crippen LogP contribution in [0.4, 0.5) is 0 Å². The molecule has 0 heterocycles. The smallest absolute Gasteiger partial charge is 0.0919 e. The number of rotatable bonds is 2. The first-order valence-electron chi connectivity index (χ1n) is 7.25. The molecule has 0 saturated heterocycles. The number of ether oxygens (including phenoxy) is 1. The van der Waals surface area contributed by atoms with Gasteiger partial charge in [0.2, 0.25) is 0 Å². The van der Waals surface area contributed by atoms with Crippen molar-refractivity contribution in [3.63, 3.8) is 0 Å². The maximum absolute atomic E-state index is 5.68. The lowest BCUT2D eigenvalue weighted by molar-refractivity contribution is 0.215. The van der Waals surface area contributed by atoms with Gasteiger partial charge in [0.15, 0.2) is 0 Å². The van der Waals surface area contributed by atoms with Crippen molar-refractivity contribution in [2.75, 3.05) is 6.61 Å². The molecule has 0 aliphatic heterocycles. The Hall–Kier alpha value is -0.460. The van der Waals surface area contributed by atoms with Gasteiger partial charge in [-0.25, -0.2) is 0 Å². The molecule has 1 aliphatic carbocycles. The van der Waals surface area contributed by atoms with E-state index in [0.29, 0.717) is 0 Å². The Morgan fingerprint density at radius 3 is 2.06 bits per heavy atom. The Labute approximate surface area is 101 Å². The summed E-state index contributed by atoms with van der Waals surface area (Å²) in [5.41, 5.74) is 0. The molecular formula is C15H28O. The number of hydrogen-bond acceptors (Lipinski definition) is 1. The van der Waals surface area contributed by atoms with Gasteiger partial charge in [0.05, 0.1) is 12.4 Å². The second-order valence-corrected chi connectivity index (χ2v) is 4.82. The zero-order valence-corrected chi connectivity index (χ0v) is 11.0. The maximum atomic E-state index is 5.68. The number of hydrogen-bond donors (Lipinski definition) is 0. The minimum absolute atomic E-state index is 0.825. The van der Waals surface area contributed by atoms with E-state index in [1.54, 1.807) is 0 Å². The molecule has 0 N–H and O–H groups in total. The Bertz CT molecular complexity index is 184. The zero-order valence-electron chi connectivity index (χ0n) is 11.0. The highest BCUT2D eigenvalue weighted by atomic mass is 16.5. The lowest BCUT2D eigenvalue weighted by Crippen LogP contribution is -1.92. The van der Waals surface area contributed by atoms with E-state index in [1.165, 1.54) is 70.0 Å². The molecule has 0 atom stereocenters. The Kier molecular flexibility index (Phi) is 8.28. The molecule has 1 heteroatoms. The van der Waals surface area contributed by atoms with Crippen molar-refractivity contribution < 1.29 is 4.74 Å². The molecule has 16 heavy (non-hydrogen) atoms. The quantitative estimate of drug-likeness (QED) is 0.625. The molecule has 0 spiro atoms. The van der Waals surface area contributed by atoms with Crippen LogP contribution in [0.5, 0.6) is 0 Å². The van der Waals surface area contributed by atoms with Crippen LogP contribution in [0.25, 0.3) is 0 Å². The summed E-state index contributed by atoms with van der Waals surface area (Å²) < 4.78 is 5.68. The molecule has 0 saturated carbocycles. The third-order valence-corrected chi connectivity index (χ3v) is 3.33. The van der Waals surface area contributed by atoms with E-state index in [2.05, 4.69) is 13.0 Å². The predicted molar refractivity (Wildman–Crippen MR) is 70.5 cm³/mol. The van der Waals surface area contributed by atoms with Gasteiger partial charge in [-0.15, -0.1) is 0 Å². The van der Waals surface area contributed by atoms with Gasteiger partial charge in [-0.05, 0) is 32.3 Å². The van der Waals surface area contributed by atoms with Crippen molar-refractivity contribution in [3.05, 3.63) is 11.8 Å². The van der Waals surface area contributed by atoms with Crippen molar-refractivity contribution in [3.8, 4) is 0 Å². The SMILES string of the molecule is CCO/C1=C/CCCCCCCCCCC1. The van der Waals surface area contributed by atoms with Crippen LogP contribution < -0.4 is 0 Å². The molecule has 0 aromatic carbocycles. The minimum Gasteiger partial charge on any atom is -0.499 e. The summed E-state index contributed by atoms with van der Waals surface area (Å²) in [5.74, 6) is 1.25. The molecule has 0 bridgehead atoms. The highest BCUT2D eigenvalue weighted by Crippen LogP contribution is 2.17. The molecular weight excluding hydrogens is 196 g/mol. The van der Waals surface area contributed by atoms with E-state index in [9.17, 15) is 0 Å². The Morgan fingerprint density at radius 1 is 0.875 bits per heavy atom. The predicted octanol–water partition coefficient (Wildman–Crippen LogP) is 5.21. The highest BCUT2D eigenvalue weighted by Gasteiger charge is 2.00. The molecule has 94 valence electrons. The van der Waals surface area contributed by atoms with Gasteiger partial charge in [-0.2, -0.15) is 0 Å². The van der Waals surface area contributed by atoms with Crippen molar-refractivity contribution in [1.29, 1.82) is 0 Å². The fraction of sp³-hybridized carbons (Fsp3) is 0.867. The van der Waals surface area contributed by atoms with Gasteiger partial charge in [0.1, 0.15) is 0 Å². The third kappa shape index (κ3) is 6.92. The first-order valence-corrected chi connectivity index (χ1v) is 7.25. The van der Waals surface area contributed by atoms with Crippen molar-refractivity contribution in [2.45, 2.75) is 77.6 Å². The topological polar surface area (TPSA) is 9.23 Å². The summed E-state index contributed by atoms with van der Waals surface area (Å²) in [4.78, 5) is 0. The third-order valence-electron chi connectivity index (χ3n) is 3.33. The minimum atomic E-state index is 0.825. The second-order valence-electron chi connectivity index (χ2n) is 4.82. The molecule has 0 radical (unpaired) electrons. The normalized spacial score (nSPS) is 24.4. The van der Waals surface area contributed by atoms with Gasteiger partial charge >= 0.3 is 0 Å². The van der Waals surface area contributed by atoms with Gasteiger partial charge in [-0.1, -0.05) is 44.9 Å². The fourth-order valence-electron chi connectivity index (χ4n) is 2.36. The van der Waals surface area contributed by atoms with Gasteiger partial charge in [-0.3, -0.25) is 0 Å². The molecule has 0 fully saturated rings. The Morgan fingerprint density at radius 2 is 1.44 bits per heavy atom. The van der Waals surface area contributed by atoms with Crippen LogP contribution in [0.2, 0.25) is 0 Å². The van der Waals surface area contributed by atoms with Crippen molar-refractivity contribution >= 4 is 0 Å². The van der Waals surface area contributed by atoms with Gasteiger partial charge in [0, 0.05) is 6.42 Å². The molecule has 0 aromatic heterocycles. The average Bonchev–Trinajstić information content (AvgIpc) is 2.31. The summed E-state index contributed by atoms with van der Waals surface area (Å²) >= 11 is 0. The average molecular weight is 224 g/mol. The summed E-state index contributed by atoms with van der Waals surface area (Å²) in [5, 5.41) is 0. The zero-order chi connectivity index (χ0) is 11.5. The lowest BCUT2D eigenvalue weighted by atomic mass is 10.1. The van der Waals surface area contributed by atoms with Crippen LogP contribution in [0.3, 0.4) is 0 Å². The molecule has 1 rings (SSSR count). The number of allylic oxidation sites excluding steroid dienone is 2. The van der Waals surface area contributed by atoms with Crippen molar-refractivity contribution in [1.82, 2.24) is 0 Å². The van der Waals surface area contributed by atoms with Crippen LogP contribution in [0.1, 0.15) is 77.6 Å². The molecule has 1 aliphatic rings. The summed E-state index contributed by atoms with van der Waals surface area (Å²) in [7, 11) is 0. The van der Waals surface area contributed by atoms with Crippen molar-refractivity contribution in [2.24, 2.45) is 0 Å². The van der Waals surface area contributed by atoms with Gasteiger partial charge in [0.25, 0.3) is 0 Å². The van der Waals surface area contributed by atoms with E-state index in [0.717, 1.165) is 13.0 Å². The first kappa shape index (κ1) is 13.6. The Balaban J connectivity index is 2.30. The maximum Gasteiger partial charge on any atom is 0.0919 e. The van der Waals surface area contributed by atoms with E-state index in [-0.39, 0.29) is 0 Å². The second kappa shape index (κ2) is 9.74. The van der Waals surface area contributed by atoms with E-state index >= 15 is 0 Å². The fourth-order valence-corrected chi connectivity index (χ4v) is 2.36. The largest absolute Gasteiger partial charge is 0.499 e. The summed E-state index contributed by atoms with van der Waals surface area (Å²) in [6, 6.07) is 0. The molecule has 0 aromatic rings. The van der Waals surface area contributed by atoms with E-state index in [4.69, 9.17) is 4.74 Å². The van der Waals surface area contributed by atoms with E-state index in [1.807, 2.05) is 0 Å². The van der Waals surface area contributed by atoms with Crippen LogP contribution in [0.15, 0.2) is 11.8 Å². The van der Waals surface area contributed by atoms with Crippen LogP contribution >= 0.6 is 0 Å². The van der Waals surface area contributed by atoms with Crippen LogP contribution in [0, 0.1) is 0 Å². The lowest BCUT2D eigenvalue weighted by Gasteiger charge is -2.08. The highest BCUT2D eigenvalue weighted by molar-refractivity contribution is 4.93. The van der Waals surface area contributed by atoms with E-state index < -0.39 is 0 Å². The molecule has 0 amide bonds. The molecule has 0 unspecified atom stereocenters. The van der Waals surface area contributed by atoms with Crippen LogP contribution in [-0.2, 0) is 4.74 Å². The standard InChI is InChI=1S/C15H28O/c1-2-16-15-13-11-9-7-5-3-4-6-8-10-12-14-15/h13H,2-12,14H2,1H3/b15-13+. The summed E-state index contributed by atoms with van der Waals surface area (Å²) in [6.45, 7) is 2.91. The molecule has 1 nitrogen and oxygen atoms in total. The van der Waals surface area contributed by atoms with Gasteiger partial charge < -0.3 is 4.74 Å². The summed E-state index contributed by atoms with van der Waals surface area (Å²) in [6.07, 6.45) is 17.3. The van der Waals surface area contributed by atoms with Crippen LogP contribution in [-0.4, -0.2) is 6.61 Å². The first-order chi connectivity index (χ1) is 7.93.